The van der Waals surface area contributed by atoms with Gasteiger partial charge in [-0.25, -0.2) is 14.5 Å². The molecule has 238 valence electrons. The number of aliphatic imine (C=N–C) groups is 1. The maximum Gasteiger partial charge on any atom is 0.353 e. The van der Waals surface area contributed by atoms with Gasteiger partial charge in [-0.15, -0.1) is 16.9 Å². The highest BCUT2D eigenvalue weighted by Crippen LogP contribution is 2.51. The topological polar surface area (TPSA) is 247 Å². The number of nitrogens with two attached hydrogens (primary N) is 2. The van der Waals surface area contributed by atoms with Gasteiger partial charge in [-0.3, -0.25) is 19.2 Å². The zero-order valence-corrected chi connectivity index (χ0v) is 25.1. The van der Waals surface area contributed by atoms with E-state index in [0.717, 1.165) is 0 Å². The summed E-state index contributed by atoms with van der Waals surface area (Å²) in [6.07, 6.45) is 1.80. The second-order valence-corrected chi connectivity index (χ2v) is 12.6. The molecule has 1 aromatic rings. The molecular weight excluding hydrogens is 596 g/mol. The molecule has 7 N–H and O–H groups in total. The first-order chi connectivity index (χ1) is 21.0. The van der Waals surface area contributed by atoms with E-state index in [9.17, 15) is 29.1 Å². The van der Waals surface area contributed by atoms with Crippen LogP contribution in [0.5, 0.6) is 0 Å². The number of amides is 4. The SMILES string of the molecule is C[C@@H](NC(=O)Cn1cnnn1)[C@H]1C(=O)N2C(C(=O)O)=C(S[C@@H]3CN[C@H](C(=O)N4CCN(C(=O)CN=C(N)N)CC4)C3)[C@H](C)[C@H]12. The van der Waals surface area contributed by atoms with Crippen molar-refractivity contribution >= 4 is 47.3 Å². The molecule has 4 aliphatic heterocycles. The monoisotopic (exact) mass is 632 g/mol. The lowest BCUT2D eigenvalue weighted by molar-refractivity contribution is -0.158. The summed E-state index contributed by atoms with van der Waals surface area (Å²) in [6.45, 7) is 5.41. The molecule has 0 bridgehead atoms. The van der Waals surface area contributed by atoms with Crippen LogP contribution in [0.4, 0.5) is 0 Å². The van der Waals surface area contributed by atoms with Gasteiger partial charge in [0.05, 0.1) is 18.0 Å². The number of thioether (sulfide) groups is 1. The van der Waals surface area contributed by atoms with E-state index >= 15 is 0 Å². The molecule has 4 amide bonds. The van der Waals surface area contributed by atoms with Gasteiger partial charge in [0.1, 0.15) is 25.1 Å². The number of carbonyl (C=O) groups is 5. The van der Waals surface area contributed by atoms with E-state index in [1.54, 1.807) is 16.7 Å². The van der Waals surface area contributed by atoms with Crippen molar-refractivity contribution in [3.63, 3.8) is 0 Å². The van der Waals surface area contributed by atoms with Crippen molar-refractivity contribution in [1.82, 2.24) is 45.5 Å². The van der Waals surface area contributed by atoms with Crippen molar-refractivity contribution in [3.05, 3.63) is 16.9 Å². The number of nitrogens with one attached hydrogen (secondary N) is 2. The average Bonchev–Trinajstić information content (AvgIpc) is 3.71. The van der Waals surface area contributed by atoms with E-state index in [2.05, 4.69) is 31.2 Å². The smallest absolute Gasteiger partial charge is 0.353 e. The van der Waals surface area contributed by atoms with Gasteiger partial charge in [0.25, 0.3) is 0 Å². The summed E-state index contributed by atoms with van der Waals surface area (Å²) in [4.78, 5) is 72.6. The first kappa shape index (κ1) is 31.2. The fraction of sp³-hybridized carbons (Fsp3) is 0.640. The molecule has 6 atom stereocenters. The molecule has 3 fully saturated rings. The summed E-state index contributed by atoms with van der Waals surface area (Å²) in [5.74, 6) is -3.19. The van der Waals surface area contributed by atoms with Gasteiger partial charge in [0, 0.05) is 54.8 Å². The van der Waals surface area contributed by atoms with Crippen LogP contribution >= 0.6 is 11.8 Å². The van der Waals surface area contributed by atoms with E-state index in [4.69, 9.17) is 11.5 Å². The molecule has 19 heteroatoms. The van der Waals surface area contributed by atoms with Crippen LogP contribution in [0.25, 0.3) is 0 Å². The Morgan fingerprint density at radius 1 is 1.20 bits per heavy atom. The van der Waals surface area contributed by atoms with Crippen LogP contribution in [-0.4, -0.2) is 138 Å². The zero-order chi connectivity index (χ0) is 31.7. The predicted molar refractivity (Wildman–Crippen MR) is 155 cm³/mol. The summed E-state index contributed by atoms with van der Waals surface area (Å²) in [5, 5.41) is 26.7. The summed E-state index contributed by atoms with van der Waals surface area (Å²) in [6, 6.07) is -1.38. The number of aliphatic carboxylic acids is 1. The Kier molecular flexibility index (Phi) is 9.05. The number of nitrogens with zero attached hydrogens (tertiary/aromatic N) is 8. The van der Waals surface area contributed by atoms with Crippen LogP contribution in [0.2, 0.25) is 0 Å². The number of fused-ring (bicyclic) bond motifs is 1. The Morgan fingerprint density at radius 2 is 1.91 bits per heavy atom. The molecule has 0 radical (unpaired) electrons. The molecule has 18 nitrogen and oxygen atoms in total. The highest BCUT2D eigenvalue weighted by Gasteiger charge is 2.60. The third kappa shape index (κ3) is 6.19. The first-order valence-corrected chi connectivity index (χ1v) is 15.2. The minimum Gasteiger partial charge on any atom is -0.477 e. The summed E-state index contributed by atoms with van der Waals surface area (Å²) >= 11 is 1.39. The number of hydrogen-bond donors (Lipinski definition) is 5. The normalized spacial score (nSPS) is 27.1. The van der Waals surface area contributed by atoms with Crippen molar-refractivity contribution in [2.75, 3.05) is 39.3 Å². The van der Waals surface area contributed by atoms with Gasteiger partial charge in [-0.05, 0) is 23.8 Å². The fourth-order valence-corrected chi connectivity index (χ4v) is 7.78. The van der Waals surface area contributed by atoms with Crippen LogP contribution < -0.4 is 22.1 Å². The van der Waals surface area contributed by atoms with Crippen LogP contribution in [0.15, 0.2) is 21.9 Å². The third-order valence-electron chi connectivity index (χ3n) is 8.44. The van der Waals surface area contributed by atoms with Gasteiger partial charge in [-0.1, -0.05) is 6.92 Å². The molecular formula is C25H36N12O6S. The largest absolute Gasteiger partial charge is 0.477 e. The Bertz CT molecular complexity index is 1370. The Labute approximate surface area is 256 Å². The highest BCUT2D eigenvalue weighted by atomic mass is 32.2. The number of rotatable bonds is 10. The molecule has 4 aliphatic rings. The molecule has 3 saturated heterocycles. The number of piperazine rings is 1. The number of tetrazole rings is 1. The minimum absolute atomic E-state index is 0.0303. The van der Waals surface area contributed by atoms with Crippen molar-refractivity contribution in [3.8, 4) is 0 Å². The van der Waals surface area contributed by atoms with E-state index in [-0.39, 0.29) is 59.5 Å². The number of β-lactam (4-membered cyclic amide) rings is 1. The standard InChI is InChI=1S/C25H36N12O6S/c1-12-19-18(13(2)31-16(38)10-36-11-30-32-33-36)23(41)37(19)20(24(42)43)21(12)44-14-7-15(28-8-14)22(40)35-5-3-34(4-6-35)17(39)9-29-25(26)27/h11-15,18-19,28H,3-10H2,1-2H3,(H,31,38)(H,42,43)(H4,26,27,29)/t12-,13-,14+,15+,18-,19-/m1/s1. The van der Waals surface area contributed by atoms with E-state index in [1.807, 2.05) is 6.92 Å². The molecule has 0 spiro atoms. The number of carboxylic acid groups (broad SMARTS) is 1. The molecule has 0 aliphatic carbocycles. The molecule has 5 heterocycles. The lowest BCUT2D eigenvalue weighted by atomic mass is 9.78. The summed E-state index contributed by atoms with van der Waals surface area (Å²) in [5.41, 5.74) is 10.6. The molecule has 1 aromatic heterocycles. The van der Waals surface area contributed by atoms with Crippen molar-refractivity contribution in [1.29, 1.82) is 0 Å². The maximum atomic E-state index is 13.3. The molecule has 0 aromatic carbocycles. The van der Waals surface area contributed by atoms with E-state index in [0.29, 0.717) is 44.0 Å². The number of carboxylic acids is 1. The lowest BCUT2D eigenvalue weighted by Gasteiger charge is -2.47. The summed E-state index contributed by atoms with van der Waals surface area (Å²) < 4.78 is 1.26. The van der Waals surface area contributed by atoms with Crippen LogP contribution in [0, 0.1) is 11.8 Å². The lowest BCUT2D eigenvalue weighted by Crippen LogP contribution is -2.66. The number of guanidine groups is 1. The van der Waals surface area contributed by atoms with Crippen LogP contribution in [0.3, 0.4) is 0 Å². The average molecular weight is 633 g/mol. The number of hydrogen-bond acceptors (Lipinski definition) is 11. The van der Waals surface area contributed by atoms with Gasteiger partial charge in [-0.2, -0.15) is 0 Å². The van der Waals surface area contributed by atoms with Gasteiger partial charge < -0.3 is 41.9 Å². The van der Waals surface area contributed by atoms with Gasteiger partial charge in [0.2, 0.25) is 23.6 Å². The Hall–Kier alpha value is -4.26. The predicted octanol–water partition coefficient (Wildman–Crippen LogP) is -3.64. The second-order valence-electron chi connectivity index (χ2n) is 11.3. The Morgan fingerprint density at radius 3 is 2.55 bits per heavy atom. The number of aromatic nitrogens is 4. The summed E-state index contributed by atoms with van der Waals surface area (Å²) in [7, 11) is 0. The van der Waals surface area contributed by atoms with Crippen molar-refractivity contribution in [2.24, 2.45) is 28.3 Å². The maximum absolute atomic E-state index is 13.3. The highest BCUT2D eigenvalue weighted by molar-refractivity contribution is 8.03. The minimum atomic E-state index is -1.19. The van der Waals surface area contributed by atoms with Gasteiger partial charge in [0.15, 0.2) is 5.96 Å². The van der Waals surface area contributed by atoms with Crippen molar-refractivity contribution < 1.29 is 29.1 Å². The Balaban J connectivity index is 1.16. The van der Waals surface area contributed by atoms with Crippen LogP contribution in [-0.2, 0) is 30.5 Å². The third-order valence-corrected chi connectivity index (χ3v) is 9.95. The van der Waals surface area contributed by atoms with Gasteiger partial charge >= 0.3 is 5.97 Å². The first-order valence-electron chi connectivity index (χ1n) is 14.3. The van der Waals surface area contributed by atoms with E-state index < -0.39 is 30.0 Å². The molecule has 5 rings (SSSR count). The van der Waals surface area contributed by atoms with E-state index in [1.165, 1.54) is 27.7 Å². The second kappa shape index (κ2) is 12.8. The zero-order valence-electron chi connectivity index (χ0n) is 24.3. The molecule has 44 heavy (non-hydrogen) atoms. The van der Waals surface area contributed by atoms with Crippen molar-refractivity contribution in [2.45, 2.75) is 50.2 Å². The number of carbonyl (C=O) groups excluding carboxylic acids is 4. The van der Waals surface area contributed by atoms with Crippen LogP contribution in [0.1, 0.15) is 20.3 Å². The fourth-order valence-electron chi connectivity index (χ4n) is 6.30. The molecule has 0 unspecified atom stereocenters. The quantitative estimate of drug-likeness (QED) is 0.0950. The molecule has 0 saturated carbocycles.